The topological polar surface area (TPSA) is 98.5 Å². The van der Waals surface area contributed by atoms with E-state index in [4.69, 9.17) is 16.3 Å². The quantitative estimate of drug-likeness (QED) is 0.472. The minimum absolute atomic E-state index is 0.0728. The third-order valence-electron chi connectivity index (χ3n) is 3.83. The summed E-state index contributed by atoms with van der Waals surface area (Å²) in [6, 6.07) is 9.73. The smallest absolute Gasteiger partial charge is 0.310 e. The number of carbonyl (C=O) groups excluding carboxylic acids is 2. The molecule has 2 aromatic rings. The summed E-state index contributed by atoms with van der Waals surface area (Å²) < 4.78 is 4.93. The van der Waals surface area contributed by atoms with Gasteiger partial charge in [0.1, 0.15) is 5.69 Å². The number of ether oxygens (including phenoxy) is 1. The molecule has 0 aliphatic rings. The van der Waals surface area contributed by atoms with Crippen molar-refractivity contribution >= 4 is 34.9 Å². The minimum atomic E-state index is -0.658. The van der Waals surface area contributed by atoms with Gasteiger partial charge in [0.2, 0.25) is 0 Å². The molecule has 136 valence electrons. The lowest BCUT2D eigenvalue weighted by Gasteiger charge is -2.11. The van der Waals surface area contributed by atoms with Gasteiger partial charge >= 0.3 is 5.97 Å². The molecule has 0 fully saturated rings. The number of esters is 1. The average Bonchev–Trinajstić information content (AvgIpc) is 2.59. The first-order chi connectivity index (χ1) is 12.3. The zero-order valence-corrected chi connectivity index (χ0v) is 15.0. The third kappa shape index (κ3) is 4.80. The van der Waals surface area contributed by atoms with E-state index in [0.29, 0.717) is 16.1 Å². The zero-order valence-electron chi connectivity index (χ0n) is 14.2. The lowest BCUT2D eigenvalue weighted by molar-refractivity contribution is -0.384. The number of anilines is 1. The van der Waals surface area contributed by atoms with E-state index in [1.54, 1.807) is 44.2 Å². The van der Waals surface area contributed by atoms with Crippen LogP contribution in [0.5, 0.6) is 0 Å². The van der Waals surface area contributed by atoms with Crippen LogP contribution in [-0.2, 0) is 20.7 Å². The summed E-state index contributed by atoms with van der Waals surface area (Å²) in [6.45, 7) is 2.90. The number of hydrogen-bond acceptors (Lipinski definition) is 5. The van der Waals surface area contributed by atoms with Crippen LogP contribution < -0.4 is 5.32 Å². The van der Waals surface area contributed by atoms with E-state index in [9.17, 15) is 19.7 Å². The van der Waals surface area contributed by atoms with Gasteiger partial charge in [-0.1, -0.05) is 35.9 Å². The Morgan fingerprint density at radius 1 is 1.19 bits per heavy atom. The van der Waals surface area contributed by atoms with Crippen LogP contribution in [-0.4, -0.2) is 23.4 Å². The van der Waals surface area contributed by atoms with E-state index in [2.05, 4.69) is 5.32 Å². The highest BCUT2D eigenvalue weighted by Crippen LogP contribution is 2.30. The van der Waals surface area contributed by atoms with Crippen LogP contribution in [0, 0.1) is 24.0 Å². The monoisotopic (exact) mass is 376 g/mol. The van der Waals surface area contributed by atoms with E-state index in [1.165, 1.54) is 6.07 Å². The van der Waals surface area contributed by atoms with E-state index in [0.717, 1.165) is 5.56 Å². The van der Waals surface area contributed by atoms with Gasteiger partial charge in [-0.2, -0.15) is 0 Å². The molecule has 2 aromatic carbocycles. The summed E-state index contributed by atoms with van der Waals surface area (Å²) in [5, 5.41) is 14.0. The molecule has 2 rings (SSSR count). The van der Waals surface area contributed by atoms with Crippen molar-refractivity contribution in [1.29, 1.82) is 0 Å². The van der Waals surface area contributed by atoms with Crippen LogP contribution in [0.2, 0.25) is 5.02 Å². The van der Waals surface area contributed by atoms with Gasteiger partial charge in [-0.25, -0.2) is 0 Å². The average molecular weight is 377 g/mol. The molecule has 0 aromatic heterocycles. The summed E-state index contributed by atoms with van der Waals surface area (Å²) in [6.07, 6.45) is -0.0728. The van der Waals surface area contributed by atoms with Crippen LogP contribution >= 0.6 is 11.6 Å². The number of hydrogen-bond donors (Lipinski definition) is 1. The van der Waals surface area contributed by atoms with Gasteiger partial charge in [0.05, 0.1) is 11.3 Å². The maximum absolute atomic E-state index is 12.0. The van der Waals surface area contributed by atoms with Crippen molar-refractivity contribution < 1.29 is 19.2 Å². The van der Waals surface area contributed by atoms with Crippen molar-refractivity contribution in [2.45, 2.75) is 20.3 Å². The molecule has 8 heteroatoms. The van der Waals surface area contributed by atoms with E-state index < -0.39 is 23.4 Å². The second-order valence-corrected chi connectivity index (χ2v) is 6.04. The Bertz CT molecular complexity index is 867. The van der Waals surface area contributed by atoms with Crippen molar-refractivity contribution in [3.05, 3.63) is 68.2 Å². The Balaban J connectivity index is 1.99. The Morgan fingerprint density at radius 2 is 1.88 bits per heavy atom. The first-order valence-corrected chi connectivity index (χ1v) is 8.11. The molecule has 1 N–H and O–H groups in total. The van der Waals surface area contributed by atoms with Crippen molar-refractivity contribution in [3.63, 3.8) is 0 Å². The second-order valence-electron chi connectivity index (χ2n) is 5.64. The molecule has 0 radical (unpaired) electrons. The van der Waals surface area contributed by atoms with Crippen LogP contribution in [0.1, 0.15) is 16.7 Å². The molecular weight excluding hydrogens is 360 g/mol. The molecule has 0 aliphatic heterocycles. The van der Waals surface area contributed by atoms with Gasteiger partial charge in [0.15, 0.2) is 6.61 Å². The van der Waals surface area contributed by atoms with Crippen molar-refractivity contribution in [1.82, 2.24) is 0 Å². The number of amides is 1. The van der Waals surface area contributed by atoms with Gasteiger partial charge in [0.25, 0.3) is 11.6 Å². The van der Waals surface area contributed by atoms with Crippen LogP contribution in [0.3, 0.4) is 0 Å². The molecule has 0 bridgehead atoms. The van der Waals surface area contributed by atoms with Crippen molar-refractivity contribution in [3.8, 4) is 0 Å². The maximum Gasteiger partial charge on any atom is 0.310 e. The SMILES string of the molecule is Cc1ccc([N+](=O)[O-])c(NC(=O)COC(=O)Cc2ccccc2Cl)c1C. The second kappa shape index (κ2) is 8.44. The van der Waals surface area contributed by atoms with Crippen LogP contribution in [0.15, 0.2) is 36.4 Å². The maximum atomic E-state index is 12.0. The Hall–Kier alpha value is -2.93. The summed E-state index contributed by atoms with van der Waals surface area (Å²) in [5.41, 5.74) is 1.84. The number of halogens is 1. The van der Waals surface area contributed by atoms with Gasteiger partial charge in [-0.05, 0) is 36.6 Å². The van der Waals surface area contributed by atoms with Gasteiger partial charge in [-0.15, -0.1) is 0 Å². The molecule has 26 heavy (non-hydrogen) atoms. The number of nitrogens with zero attached hydrogens (tertiary/aromatic N) is 1. The lowest BCUT2D eigenvalue weighted by Crippen LogP contribution is -2.22. The Labute approximate surface area is 155 Å². The summed E-state index contributed by atoms with van der Waals surface area (Å²) >= 11 is 5.97. The van der Waals surface area contributed by atoms with Crippen LogP contribution in [0.25, 0.3) is 0 Å². The predicted octanol–water partition coefficient (Wildman–Crippen LogP) is 3.59. The molecule has 0 saturated heterocycles. The normalized spacial score (nSPS) is 10.3. The van der Waals surface area contributed by atoms with Crippen molar-refractivity contribution in [2.75, 3.05) is 11.9 Å². The molecule has 0 heterocycles. The molecule has 0 spiro atoms. The molecule has 0 aliphatic carbocycles. The highest BCUT2D eigenvalue weighted by Gasteiger charge is 2.20. The van der Waals surface area contributed by atoms with Crippen LogP contribution in [0.4, 0.5) is 11.4 Å². The predicted molar refractivity (Wildman–Crippen MR) is 97.3 cm³/mol. The number of rotatable bonds is 6. The number of benzene rings is 2. The Morgan fingerprint density at radius 3 is 2.54 bits per heavy atom. The molecule has 0 saturated carbocycles. The highest BCUT2D eigenvalue weighted by atomic mass is 35.5. The molecule has 1 amide bonds. The van der Waals surface area contributed by atoms with Gasteiger partial charge < -0.3 is 10.1 Å². The first-order valence-electron chi connectivity index (χ1n) is 7.73. The zero-order chi connectivity index (χ0) is 19.3. The minimum Gasteiger partial charge on any atom is -0.455 e. The van der Waals surface area contributed by atoms with E-state index >= 15 is 0 Å². The first kappa shape index (κ1) is 19.4. The standard InChI is InChI=1S/C18H17ClN2O5/c1-11-7-8-15(21(24)25)18(12(11)2)20-16(22)10-26-17(23)9-13-5-3-4-6-14(13)19/h3-8H,9-10H2,1-2H3,(H,20,22). The number of nitro groups is 1. The summed E-state index contributed by atoms with van der Waals surface area (Å²) in [7, 11) is 0. The molecule has 0 unspecified atom stereocenters. The van der Waals surface area contributed by atoms with Gasteiger partial charge in [0, 0.05) is 11.1 Å². The summed E-state index contributed by atoms with van der Waals surface area (Å²) in [5.74, 6) is -1.28. The third-order valence-corrected chi connectivity index (χ3v) is 4.20. The highest BCUT2D eigenvalue weighted by molar-refractivity contribution is 6.31. The largest absolute Gasteiger partial charge is 0.455 e. The summed E-state index contributed by atoms with van der Waals surface area (Å²) in [4.78, 5) is 34.4. The fourth-order valence-corrected chi connectivity index (χ4v) is 2.48. The van der Waals surface area contributed by atoms with E-state index in [1.807, 2.05) is 0 Å². The Kier molecular flexibility index (Phi) is 6.30. The molecular formula is C18H17ClN2O5. The fraction of sp³-hybridized carbons (Fsp3) is 0.222. The fourth-order valence-electron chi connectivity index (χ4n) is 2.28. The number of aryl methyl sites for hydroxylation is 1. The van der Waals surface area contributed by atoms with Gasteiger partial charge in [-0.3, -0.25) is 19.7 Å². The number of nitro benzene ring substituents is 1. The molecule has 7 nitrogen and oxygen atoms in total. The number of nitrogens with one attached hydrogen (secondary N) is 1. The lowest BCUT2D eigenvalue weighted by atomic mass is 10.1. The van der Waals surface area contributed by atoms with E-state index in [-0.39, 0.29) is 17.8 Å². The van der Waals surface area contributed by atoms with Crippen molar-refractivity contribution in [2.24, 2.45) is 0 Å². The molecule has 0 atom stereocenters. The number of carbonyl (C=O) groups is 2.